The van der Waals surface area contributed by atoms with Crippen molar-refractivity contribution in [3.63, 3.8) is 0 Å². The molecule has 2 aliphatic heterocycles. The second-order valence-corrected chi connectivity index (χ2v) is 7.83. The van der Waals surface area contributed by atoms with Crippen molar-refractivity contribution in [2.75, 3.05) is 44.2 Å². The summed E-state index contributed by atoms with van der Waals surface area (Å²) in [5.74, 6) is 2.05. The Bertz CT molecular complexity index is 719. The molecule has 25 heavy (non-hydrogen) atoms. The van der Waals surface area contributed by atoms with Gasteiger partial charge in [-0.3, -0.25) is 4.79 Å². The number of nitrogens with zero attached hydrogens (tertiary/aromatic N) is 4. The minimum Gasteiger partial charge on any atom is -0.352 e. The first-order chi connectivity index (χ1) is 12.3. The van der Waals surface area contributed by atoms with E-state index in [9.17, 15) is 4.79 Å². The number of anilines is 1. The van der Waals surface area contributed by atoms with Gasteiger partial charge in [-0.1, -0.05) is 0 Å². The van der Waals surface area contributed by atoms with Gasteiger partial charge in [-0.2, -0.15) is 0 Å². The molecule has 2 aromatic heterocycles. The summed E-state index contributed by atoms with van der Waals surface area (Å²) in [6.07, 6.45) is 5.82. The highest BCUT2D eigenvalue weighted by atomic mass is 32.1. The van der Waals surface area contributed by atoms with Gasteiger partial charge in [0.15, 0.2) is 0 Å². The maximum Gasteiger partial charge on any atom is 0.222 e. The molecule has 4 rings (SSSR count). The Morgan fingerprint density at radius 1 is 1.20 bits per heavy atom. The first-order valence-corrected chi connectivity index (χ1v) is 10.1. The van der Waals surface area contributed by atoms with Crippen LogP contribution in [0.5, 0.6) is 0 Å². The van der Waals surface area contributed by atoms with Gasteiger partial charge in [0.2, 0.25) is 5.91 Å². The molecule has 7 heteroatoms. The summed E-state index contributed by atoms with van der Waals surface area (Å²) in [4.78, 5) is 26.7. The lowest BCUT2D eigenvalue weighted by Gasteiger charge is -2.36. The van der Waals surface area contributed by atoms with E-state index < -0.39 is 0 Å². The fourth-order valence-corrected chi connectivity index (χ4v) is 4.58. The van der Waals surface area contributed by atoms with Crippen molar-refractivity contribution in [2.45, 2.75) is 25.7 Å². The van der Waals surface area contributed by atoms with Crippen LogP contribution in [0.3, 0.4) is 0 Å². The van der Waals surface area contributed by atoms with E-state index in [0.717, 1.165) is 67.6 Å². The summed E-state index contributed by atoms with van der Waals surface area (Å²) < 4.78 is 0. The smallest absolute Gasteiger partial charge is 0.222 e. The number of amides is 1. The van der Waals surface area contributed by atoms with Gasteiger partial charge in [-0.25, -0.2) is 9.97 Å². The molecule has 2 saturated heterocycles. The summed E-state index contributed by atoms with van der Waals surface area (Å²) in [6.45, 7) is 5.49. The van der Waals surface area contributed by atoms with Crippen LogP contribution in [0.1, 0.15) is 25.7 Å². The molecule has 0 bridgehead atoms. The first-order valence-electron chi connectivity index (χ1n) is 9.23. The number of rotatable bonds is 4. The van der Waals surface area contributed by atoms with Crippen molar-refractivity contribution in [3.05, 3.63) is 17.8 Å². The van der Waals surface area contributed by atoms with Gasteiger partial charge in [0.25, 0.3) is 0 Å². The third-order valence-corrected chi connectivity index (χ3v) is 6.22. The van der Waals surface area contributed by atoms with E-state index in [-0.39, 0.29) is 0 Å². The number of hydrogen-bond donors (Lipinski definition) is 1. The zero-order valence-corrected chi connectivity index (χ0v) is 15.3. The molecular weight excluding hydrogens is 334 g/mol. The third-order valence-electron chi connectivity index (χ3n) is 5.40. The third kappa shape index (κ3) is 3.77. The predicted octanol–water partition coefficient (Wildman–Crippen LogP) is 2.12. The van der Waals surface area contributed by atoms with Gasteiger partial charge in [0, 0.05) is 32.6 Å². The van der Waals surface area contributed by atoms with E-state index in [2.05, 4.69) is 31.6 Å². The van der Waals surface area contributed by atoms with Crippen LogP contribution in [0.25, 0.3) is 10.2 Å². The van der Waals surface area contributed by atoms with E-state index in [1.54, 1.807) is 17.7 Å². The number of carbonyl (C=O) groups excluding carboxylic acids is 1. The summed E-state index contributed by atoms with van der Waals surface area (Å²) in [5.41, 5.74) is 0. The largest absolute Gasteiger partial charge is 0.352 e. The van der Waals surface area contributed by atoms with Crippen molar-refractivity contribution in [3.8, 4) is 0 Å². The summed E-state index contributed by atoms with van der Waals surface area (Å²) >= 11 is 1.64. The number of piperidine rings is 1. The Hall–Kier alpha value is -1.73. The van der Waals surface area contributed by atoms with Crippen LogP contribution in [0.4, 0.5) is 5.82 Å². The second kappa shape index (κ2) is 7.66. The molecule has 2 aromatic rings. The maximum absolute atomic E-state index is 12.5. The second-order valence-electron chi connectivity index (χ2n) is 6.94. The van der Waals surface area contributed by atoms with Crippen molar-refractivity contribution < 1.29 is 4.79 Å². The molecular formula is C18H25N5OS. The van der Waals surface area contributed by atoms with Crippen LogP contribution in [-0.4, -0.2) is 60.0 Å². The molecule has 0 unspecified atom stereocenters. The zero-order chi connectivity index (χ0) is 17.1. The van der Waals surface area contributed by atoms with E-state index in [4.69, 9.17) is 0 Å². The molecule has 0 aromatic carbocycles. The molecule has 134 valence electrons. The van der Waals surface area contributed by atoms with Gasteiger partial charge in [-0.15, -0.1) is 11.3 Å². The minimum absolute atomic E-state index is 0.321. The molecule has 0 atom stereocenters. The lowest BCUT2D eigenvalue weighted by atomic mass is 9.93. The maximum atomic E-state index is 12.5. The van der Waals surface area contributed by atoms with Crippen molar-refractivity contribution in [1.29, 1.82) is 0 Å². The standard InChI is InChI=1S/C18H25N5OS/c24-16(2-1-14-3-6-19-7-4-14)22-8-10-23(11-9-22)17-15-5-12-25-18(15)21-13-20-17/h5,12-14,19H,1-4,6-11H2. The first kappa shape index (κ1) is 16.7. The van der Waals surface area contributed by atoms with E-state index in [1.165, 1.54) is 12.8 Å². The normalized spacial score (nSPS) is 19.5. The Balaban J connectivity index is 1.30. The van der Waals surface area contributed by atoms with Gasteiger partial charge in [0.05, 0.1) is 5.39 Å². The molecule has 4 heterocycles. The number of aromatic nitrogens is 2. The fourth-order valence-electron chi connectivity index (χ4n) is 3.85. The number of piperazine rings is 1. The fraction of sp³-hybridized carbons (Fsp3) is 0.611. The van der Waals surface area contributed by atoms with E-state index in [1.807, 2.05) is 4.90 Å². The highest BCUT2D eigenvalue weighted by molar-refractivity contribution is 7.16. The van der Waals surface area contributed by atoms with Crippen LogP contribution < -0.4 is 10.2 Å². The molecule has 6 nitrogen and oxygen atoms in total. The topological polar surface area (TPSA) is 61.4 Å². The Morgan fingerprint density at radius 3 is 2.80 bits per heavy atom. The van der Waals surface area contributed by atoms with Crippen LogP contribution in [0.2, 0.25) is 0 Å². The van der Waals surface area contributed by atoms with Crippen LogP contribution >= 0.6 is 11.3 Å². The molecule has 2 fully saturated rings. The Kier molecular flexibility index (Phi) is 5.12. The van der Waals surface area contributed by atoms with Crippen molar-refractivity contribution in [2.24, 2.45) is 5.92 Å². The summed E-state index contributed by atoms with van der Waals surface area (Å²) in [6, 6.07) is 2.09. The summed E-state index contributed by atoms with van der Waals surface area (Å²) in [5, 5.41) is 6.57. The number of fused-ring (bicyclic) bond motifs is 1. The number of thiophene rings is 1. The van der Waals surface area contributed by atoms with Crippen molar-refractivity contribution >= 4 is 33.3 Å². The number of nitrogens with one attached hydrogen (secondary N) is 1. The SMILES string of the molecule is O=C(CCC1CCNCC1)N1CCN(c2ncnc3sccc23)CC1. The molecule has 1 N–H and O–H groups in total. The molecule has 0 radical (unpaired) electrons. The quantitative estimate of drug-likeness (QED) is 0.906. The van der Waals surface area contributed by atoms with Crippen LogP contribution in [-0.2, 0) is 4.79 Å². The van der Waals surface area contributed by atoms with E-state index in [0.29, 0.717) is 12.3 Å². The van der Waals surface area contributed by atoms with Crippen LogP contribution in [0.15, 0.2) is 17.8 Å². The predicted molar refractivity (Wildman–Crippen MR) is 101 cm³/mol. The highest BCUT2D eigenvalue weighted by Crippen LogP contribution is 2.27. The lowest BCUT2D eigenvalue weighted by molar-refractivity contribution is -0.131. The monoisotopic (exact) mass is 359 g/mol. The number of carbonyl (C=O) groups is 1. The average Bonchev–Trinajstić information content (AvgIpc) is 3.16. The number of hydrogen-bond acceptors (Lipinski definition) is 6. The van der Waals surface area contributed by atoms with Gasteiger partial charge in [-0.05, 0) is 49.7 Å². The molecule has 0 aliphatic carbocycles. The molecule has 1 amide bonds. The highest BCUT2D eigenvalue weighted by Gasteiger charge is 2.24. The van der Waals surface area contributed by atoms with Gasteiger partial charge < -0.3 is 15.1 Å². The van der Waals surface area contributed by atoms with Crippen LogP contribution in [0, 0.1) is 5.92 Å². The van der Waals surface area contributed by atoms with Gasteiger partial charge >= 0.3 is 0 Å². The van der Waals surface area contributed by atoms with Gasteiger partial charge in [0.1, 0.15) is 17.0 Å². The zero-order valence-electron chi connectivity index (χ0n) is 14.5. The molecule has 2 aliphatic rings. The van der Waals surface area contributed by atoms with Crippen molar-refractivity contribution in [1.82, 2.24) is 20.2 Å². The average molecular weight is 359 g/mol. The molecule has 0 spiro atoms. The lowest BCUT2D eigenvalue weighted by Crippen LogP contribution is -2.49. The van der Waals surface area contributed by atoms with E-state index >= 15 is 0 Å². The molecule has 0 saturated carbocycles. The Morgan fingerprint density at radius 2 is 2.00 bits per heavy atom. The Labute approximate surface area is 152 Å². The summed E-state index contributed by atoms with van der Waals surface area (Å²) in [7, 11) is 0. The minimum atomic E-state index is 0.321.